The van der Waals surface area contributed by atoms with Crippen LogP contribution in [-0.4, -0.2) is 50.3 Å². The maximum atomic E-state index is 5.48. The average Bonchev–Trinajstić information content (AvgIpc) is 2.46. The van der Waals surface area contributed by atoms with Gasteiger partial charge in [0.15, 0.2) is 0 Å². The van der Waals surface area contributed by atoms with E-state index in [-0.39, 0.29) is 0 Å². The van der Waals surface area contributed by atoms with E-state index in [2.05, 4.69) is 17.1 Å². The van der Waals surface area contributed by atoms with Gasteiger partial charge < -0.3 is 15.0 Å². The van der Waals surface area contributed by atoms with Gasteiger partial charge >= 0.3 is 0 Å². The van der Waals surface area contributed by atoms with Crippen LogP contribution in [0.15, 0.2) is 0 Å². The molecule has 1 saturated heterocycles. The first-order valence-corrected chi connectivity index (χ1v) is 8.26. The van der Waals surface area contributed by atoms with Crippen LogP contribution in [0.1, 0.15) is 51.9 Å². The third kappa shape index (κ3) is 5.41. The molecule has 0 bridgehead atoms. The van der Waals surface area contributed by atoms with Gasteiger partial charge in [0.25, 0.3) is 0 Å². The summed E-state index contributed by atoms with van der Waals surface area (Å²) >= 11 is 0. The molecule has 3 heteroatoms. The summed E-state index contributed by atoms with van der Waals surface area (Å²) in [6.45, 7) is 7.47. The van der Waals surface area contributed by atoms with Gasteiger partial charge in [-0.25, -0.2) is 0 Å². The molecule has 2 aliphatic rings. The molecule has 1 heterocycles. The van der Waals surface area contributed by atoms with Crippen LogP contribution in [0.25, 0.3) is 0 Å². The Hall–Kier alpha value is -0.120. The molecule has 2 unspecified atom stereocenters. The van der Waals surface area contributed by atoms with Gasteiger partial charge in [-0.15, -0.1) is 0 Å². The molecule has 0 aromatic carbocycles. The first-order valence-electron chi connectivity index (χ1n) is 8.26. The molecule has 0 aromatic heterocycles. The Morgan fingerprint density at radius 3 is 2.68 bits per heavy atom. The van der Waals surface area contributed by atoms with E-state index in [1.807, 2.05) is 7.11 Å². The molecule has 2 atom stereocenters. The van der Waals surface area contributed by atoms with E-state index in [0.717, 1.165) is 5.92 Å². The predicted molar refractivity (Wildman–Crippen MR) is 80.5 cm³/mol. The molecule has 3 nitrogen and oxygen atoms in total. The molecular weight excluding hydrogens is 236 g/mol. The number of hydrogen-bond donors (Lipinski definition) is 1. The summed E-state index contributed by atoms with van der Waals surface area (Å²) in [5.74, 6) is 0.947. The molecule has 0 aromatic rings. The summed E-state index contributed by atoms with van der Waals surface area (Å²) in [6.07, 6.45) is 9.69. The molecule has 1 N–H and O–H groups in total. The Morgan fingerprint density at radius 1 is 1.16 bits per heavy atom. The zero-order valence-electron chi connectivity index (χ0n) is 12.9. The fraction of sp³-hybridized carbons (Fsp3) is 1.00. The Morgan fingerprint density at radius 2 is 1.95 bits per heavy atom. The Kier molecular flexibility index (Phi) is 6.62. The van der Waals surface area contributed by atoms with E-state index >= 15 is 0 Å². The Bertz CT molecular complexity index is 239. The van der Waals surface area contributed by atoms with E-state index in [1.165, 1.54) is 71.1 Å². The predicted octanol–water partition coefficient (Wildman–Crippen LogP) is 2.66. The van der Waals surface area contributed by atoms with Crippen LogP contribution in [0.3, 0.4) is 0 Å². The van der Waals surface area contributed by atoms with Crippen LogP contribution in [-0.2, 0) is 4.74 Å². The highest BCUT2D eigenvalue weighted by Gasteiger charge is 2.21. The van der Waals surface area contributed by atoms with Crippen LogP contribution in [0.5, 0.6) is 0 Å². The molecule has 19 heavy (non-hydrogen) atoms. The Labute approximate surface area is 119 Å². The minimum absolute atomic E-state index is 0.495. The van der Waals surface area contributed by atoms with E-state index < -0.39 is 0 Å². The molecule has 1 saturated carbocycles. The summed E-state index contributed by atoms with van der Waals surface area (Å²) in [7, 11) is 1.85. The molecule has 0 amide bonds. The lowest BCUT2D eigenvalue weighted by molar-refractivity contribution is 0.0587. The fourth-order valence-corrected chi connectivity index (χ4v) is 3.44. The van der Waals surface area contributed by atoms with Gasteiger partial charge in [0.2, 0.25) is 0 Å². The monoisotopic (exact) mass is 268 g/mol. The lowest BCUT2D eigenvalue weighted by Gasteiger charge is -2.31. The van der Waals surface area contributed by atoms with Crippen molar-refractivity contribution in [2.24, 2.45) is 5.92 Å². The molecule has 2 rings (SSSR count). The molecule has 112 valence electrons. The highest BCUT2D eigenvalue weighted by molar-refractivity contribution is 4.78. The van der Waals surface area contributed by atoms with Crippen LogP contribution in [0.4, 0.5) is 0 Å². The number of likely N-dealkylation sites (tertiary alicyclic amines) is 1. The van der Waals surface area contributed by atoms with Gasteiger partial charge in [-0.3, -0.25) is 0 Å². The van der Waals surface area contributed by atoms with Crippen LogP contribution in [0, 0.1) is 5.92 Å². The third-order valence-electron chi connectivity index (χ3n) is 4.92. The molecule has 1 aliphatic heterocycles. The Balaban J connectivity index is 1.52. The normalized spacial score (nSPS) is 30.6. The second-order valence-corrected chi connectivity index (χ2v) is 6.55. The minimum Gasteiger partial charge on any atom is -0.381 e. The van der Waals surface area contributed by atoms with Gasteiger partial charge in [-0.05, 0) is 77.0 Å². The van der Waals surface area contributed by atoms with Gasteiger partial charge in [-0.1, -0.05) is 6.92 Å². The third-order valence-corrected chi connectivity index (χ3v) is 4.92. The number of nitrogens with zero attached hydrogens (tertiary/aromatic N) is 1. The lowest BCUT2D eigenvalue weighted by atomic mass is 9.93. The highest BCUT2D eigenvalue weighted by atomic mass is 16.5. The van der Waals surface area contributed by atoms with Crippen molar-refractivity contribution in [1.29, 1.82) is 0 Å². The standard InChI is InChI=1S/C16H32N2O/c1-14-7-11-18(12-8-14)10-4-9-17-15-5-3-6-16(13-15)19-2/h14-17H,3-13H2,1-2H3. The second-order valence-electron chi connectivity index (χ2n) is 6.55. The maximum absolute atomic E-state index is 5.48. The van der Waals surface area contributed by atoms with E-state index in [0.29, 0.717) is 12.1 Å². The van der Waals surface area contributed by atoms with Crippen molar-refractivity contribution in [3.63, 3.8) is 0 Å². The zero-order chi connectivity index (χ0) is 13.5. The number of methoxy groups -OCH3 is 1. The summed E-state index contributed by atoms with van der Waals surface area (Å²) < 4.78 is 5.48. The number of nitrogens with one attached hydrogen (secondary N) is 1. The number of rotatable bonds is 6. The zero-order valence-corrected chi connectivity index (χ0v) is 12.9. The van der Waals surface area contributed by atoms with Crippen molar-refractivity contribution in [3.05, 3.63) is 0 Å². The molecule has 0 radical (unpaired) electrons. The minimum atomic E-state index is 0.495. The average molecular weight is 268 g/mol. The van der Waals surface area contributed by atoms with Gasteiger partial charge in [0.1, 0.15) is 0 Å². The molecule has 1 aliphatic carbocycles. The topological polar surface area (TPSA) is 24.5 Å². The fourth-order valence-electron chi connectivity index (χ4n) is 3.44. The quantitative estimate of drug-likeness (QED) is 0.750. The van der Waals surface area contributed by atoms with Crippen LogP contribution >= 0.6 is 0 Å². The highest BCUT2D eigenvalue weighted by Crippen LogP contribution is 2.20. The van der Waals surface area contributed by atoms with Gasteiger partial charge in [0, 0.05) is 13.2 Å². The van der Waals surface area contributed by atoms with Crippen molar-refractivity contribution < 1.29 is 4.74 Å². The lowest BCUT2D eigenvalue weighted by Crippen LogP contribution is -2.39. The number of piperidine rings is 1. The molecule has 2 fully saturated rings. The maximum Gasteiger partial charge on any atom is 0.0586 e. The van der Waals surface area contributed by atoms with E-state index in [4.69, 9.17) is 4.74 Å². The van der Waals surface area contributed by atoms with Crippen LogP contribution in [0.2, 0.25) is 0 Å². The van der Waals surface area contributed by atoms with Crippen molar-refractivity contribution in [2.75, 3.05) is 33.3 Å². The molecule has 0 spiro atoms. The summed E-state index contributed by atoms with van der Waals surface area (Å²) in [4.78, 5) is 2.64. The van der Waals surface area contributed by atoms with Crippen molar-refractivity contribution >= 4 is 0 Å². The largest absolute Gasteiger partial charge is 0.381 e. The number of hydrogen-bond acceptors (Lipinski definition) is 3. The van der Waals surface area contributed by atoms with Crippen molar-refractivity contribution in [3.8, 4) is 0 Å². The first kappa shape index (κ1) is 15.3. The first-order chi connectivity index (χ1) is 9.28. The number of ether oxygens (including phenoxy) is 1. The summed E-state index contributed by atoms with van der Waals surface area (Å²) in [5.41, 5.74) is 0. The molecular formula is C16H32N2O. The van der Waals surface area contributed by atoms with Crippen molar-refractivity contribution in [2.45, 2.75) is 64.0 Å². The smallest absolute Gasteiger partial charge is 0.0586 e. The van der Waals surface area contributed by atoms with Crippen LogP contribution < -0.4 is 5.32 Å². The van der Waals surface area contributed by atoms with E-state index in [1.54, 1.807) is 0 Å². The summed E-state index contributed by atoms with van der Waals surface area (Å²) in [5, 5.41) is 3.73. The SMILES string of the molecule is COC1CCCC(NCCCN2CCC(C)CC2)C1. The second kappa shape index (κ2) is 8.23. The summed E-state index contributed by atoms with van der Waals surface area (Å²) in [6, 6.07) is 0.695. The van der Waals surface area contributed by atoms with Crippen molar-refractivity contribution in [1.82, 2.24) is 10.2 Å². The van der Waals surface area contributed by atoms with E-state index in [9.17, 15) is 0 Å². The van der Waals surface area contributed by atoms with Gasteiger partial charge in [-0.2, -0.15) is 0 Å². The van der Waals surface area contributed by atoms with Gasteiger partial charge in [0.05, 0.1) is 6.10 Å².